The molecule has 4 nitrogen and oxygen atoms in total. The Hall–Kier alpha value is -0.545. The quantitative estimate of drug-likeness (QED) is 0.396. The van der Waals surface area contributed by atoms with E-state index in [0.717, 1.165) is 25.7 Å². The molecule has 0 atom stereocenters. The topological polar surface area (TPSA) is 69.6 Å². The van der Waals surface area contributed by atoms with Crippen molar-refractivity contribution >= 4 is 13.5 Å². The van der Waals surface area contributed by atoms with E-state index in [1.165, 1.54) is 0 Å². The molecule has 0 saturated heterocycles. The van der Waals surface area contributed by atoms with Crippen LogP contribution >= 0.6 is 0 Å². The molecule has 5 heteroatoms. The molecule has 0 bridgehead atoms. The van der Waals surface area contributed by atoms with Crippen molar-refractivity contribution in [2.75, 3.05) is 0 Å². The highest BCUT2D eigenvalue weighted by Gasteiger charge is 2.28. The fourth-order valence-corrected chi connectivity index (χ4v) is 1.68. The van der Waals surface area contributed by atoms with Crippen LogP contribution in [-0.2, 0) is 4.79 Å². The highest BCUT2D eigenvalue weighted by Crippen LogP contribution is 2.29. The number of rotatable bonds is 3. The Balaban J connectivity index is 2.24. The Morgan fingerprint density at radius 1 is 1.25 bits per heavy atom. The van der Waals surface area contributed by atoms with Gasteiger partial charge in [0.1, 0.15) is 0 Å². The Bertz CT molecular complexity index is 146. The minimum Gasteiger partial charge on any atom is -0.427 e. The van der Waals surface area contributed by atoms with Gasteiger partial charge in [-0.1, -0.05) is 12.8 Å². The van der Waals surface area contributed by atoms with Gasteiger partial charge in [0.05, 0.1) is 0 Å². The van der Waals surface area contributed by atoms with Gasteiger partial charge in [0.25, 0.3) is 0 Å². The Morgan fingerprint density at radius 3 is 2.25 bits per heavy atom. The van der Waals surface area contributed by atoms with Crippen LogP contribution in [0.15, 0.2) is 0 Å². The fraction of sp³-hybridized carbons (Fsp3) is 0.857. The molecule has 0 spiro atoms. The van der Waals surface area contributed by atoms with Crippen LogP contribution < -0.4 is 5.32 Å². The van der Waals surface area contributed by atoms with Gasteiger partial charge in [-0.3, -0.25) is 4.79 Å². The van der Waals surface area contributed by atoms with Crippen molar-refractivity contribution in [3.8, 4) is 0 Å². The minimum absolute atomic E-state index is 0.00491. The van der Waals surface area contributed by atoms with Crippen LogP contribution in [-0.4, -0.2) is 29.6 Å². The van der Waals surface area contributed by atoms with Gasteiger partial charge in [0, 0.05) is 6.04 Å². The molecule has 1 amide bonds. The lowest BCUT2D eigenvalue weighted by Crippen LogP contribution is -2.34. The molecule has 0 aromatic heterocycles. The largest absolute Gasteiger partial charge is 0.454 e. The Morgan fingerprint density at radius 2 is 1.83 bits per heavy atom. The first-order chi connectivity index (χ1) is 5.74. The smallest absolute Gasteiger partial charge is 0.427 e. The molecule has 0 aromatic carbocycles. The zero-order valence-corrected chi connectivity index (χ0v) is 6.94. The Kier molecular flexibility index (Phi) is 3.56. The lowest BCUT2D eigenvalue weighted by molar-refractivity contribution is -0.110. The van der Waals surface area contributed by atoms with Crippen molar-refractivity contribution in [1.29, 1.82) is 0 Å². The first kappa shape index (κ1) is 9.54. The second kappa shape index (κ2) is 4.47. The molecule has 0 unspecified atom stereocenters. The van der Waals surface area contributed by atoms with Crippen molar-refractivity contribution in [1.82, 2.24) is 5.32 Å². The van der Waals surface area contributed by atoms with E-state index in [1.807, 2.05) is 0 Å². The van der Waals surface area contributed by atoms with E-state index in [2.05, 4.69) is 5.32 Å². The minimum atomic E-state index is -1.19. The van der Waals surface area contributed by atoms with E-state index >= 15 is 0 Å². The van der Waals surface area contributed by atoms with Gasteiger partial charge < -0.3 is 15.4 Å². The molecule has 1 rings (SSSR count). The molecule has 12 heavy (non-hydrogen) atoms. The summed E-state index contributed by atoms with van der Waals surface area (Å²) in [5, 5.41) is 20.4. The van der Waals surface area contributed by atoms with Crippen LogP contribution in [0.3, 0.4) is 0 Å². The zero-order valence-electron chi connectivity index (χ0n) is 6.94. The predicted octanol–water partition coefficient (Wildman–Crippen LogP) is -0.482. The van der Waals surface area contributed by atoms with Gasteiger partial charge in [0.2, 0.25) is 6.41 Å². The molecule has 1 saturated carbocycles. The standard InChI is InChI=1S/C7H14BNO3/c10-5-9-7-3-1-6(2-4-7)8(11)12/h5-7,11-12H,1-4H2,(H,9,10). The van der Waals surface area contributed by atoms with E-state index in [-0.39, 0.29) is 11.9 Å². The van der Waals surface area contributed by atoms with Crippen LogP contribution in [0.1, 0.15) is 25.7 Å². The highest BCUT2D eigenvalue weighted by atomic mass is 16.4. The SMILES string of the molecule is O=CNC1CCC(B(O)O)CC1. The summed E-state index contributed by atoms with van der Waals surface area (Å²) in [5.74, 6) is -0.00491. The molecule has 3 N–H and O–H groups in total. The molecule has 1 aliphatic carbocycles. The summed E-state index contributed by atoms with van der Waals surface area (Å²) in [5.41, 5.74) is 0. The molecular formula is C7H14BNO3. The molecule has 0 aliphatic heterocycles. The van der Waals surface area contributed by atoms with Crippen LogP contribution in [0, 0.1) is 0 Å². The summed E-state index contributed by atoms with van der Waals surface area (Å²) >= 11 is 0. The Labute approximate surface area is 72.1 Å². The van der Waals surface area contributed by atoms with Gasteiger partial charge in [-0.05, 0) is 18.7 Å². The summed E-state index contributed by atoms with van der Waals surface area (Å²) in [7, 11) is -1.19. The van der Waals surface area contributed by atoms with Gasteiger partial charge in [-0.25, -0.2) is 0 Å². The van der Waals surface area contributed by atoms with Crippen LogP contribution in [0.5, 0.6) is 0 Å². The number of amides is 1. The highest BCUT2D eigenvalue weighted by molar-refractivity contribution is 6.43. The van der Waals surface area contributed by atoms with E-state index in [0.29, 0.717) is 6.41 Å². The summed E-state index contributed by atoms with van der Waals surface area (Å²) in [4.78, 5) is 10.1. The first-order valence-electron chi connectivity index (χ1n) is 4.30. The maximum absolute atomic E-state index is 10.1. The van der Waals surface area contributed by atoms with Gasteiger partial charge in [-0.2, -0.15) is 0 Å². The maximum Gasteiger partial charge on any atom is 0.454 e. The van der Waals surface area contributed by atoms with Crippen LogP contribution in [0.25, 0.3) is 0 Å². The molecule has 0 radical (unpaired) electrons. The second-order valence-electron chi connectivity index (χ2n) is 3.31. The average Bonchev–Trinajstić information content (AvgIpc) is 2.06. The van der Waals surface area contributed by atoms with E-state index < -0.39 is 7.12 Å². The molecule has 0 aromatic rings. The molecule has 0 heterocycles. The van der Waals surface area contributed by atoms with Gasteiger partial charge in [0.15, 0.2) is 0 Å². The van der Waals surface area contributed by atoms with Crippen molar-refractivity contribution in [2.45, 2.75) is 37.5 Å². The number of hydrogen-bond acceptors (Lipinski definition) is 3. The fourth-order valence-electron chi connectivity index (χ4n) is 1.68. The third kappa shape index (κ3) is 2.50. The summed E-state index contributed by atoms with van der Waals surface area (Å²) < 4.78 is 0. The molecular weight excluding hydrogens is 157 g/mol. The first-order valence-corrected chi connectivity index (χ1v) is 4.30. The molecule has 68 valence electrons. The van der Waals surface area contributed by atoms with E-state index in [1.54, 1.807) is 0 Å². The lowest BCUT2D eigenvalue weighted by atomic mass is 9.64. The normalized spacial score (nSPS) is 29.5. The van der Waals surface area contributed by atoms with Gasteiger partial charge >= 0.3 is 7.12 Å². The van der Waals surface area contributed by atoms with E-state index in [4.69, 9.17) is 10.0 Å². The number of nitrogens with one attached hydrogen (secondary N) is 1. The maximum atomic E-state index is 10.1. The summed E-state index contributed by atoms with van der Waals surface area (Å²) in [6.45, 7) is 0. The number of hydrogen-bond donors (Lipinski definition) is 3. The number of carbonyl (C=O) groups excluding carboxylic acids is 1. The predicted molar refractivity (Wildman–Crippen MR) is 45.4 cm³/mol. The van der Waals surface area contributed by atoms with Crippen LogP contribution in [0.4, 0.5) is 0 Å². The van der Waals surface area contributed by atoms with Crippen molar-refractivity contribution in [3.05, 3.63) is 0 Å². The van der Waals surface area contributed by atoms with Crippen molar-refractivity contribution in [2.24, 2.45) is 0 Å². The third-order valence-electron chi connectivity index (χ3n) is 2.50. The van der Waals surface area contributed by atoms with Crippen LogP contribution in [0.2, 0.25) is 5.82 Å². The summed E-state index contributed by atoms with van der Waals surface area (Å²) in [6, 6.07) is 0.234. The molecule has 1 aliphatic rings. The van der Waals surface area contributed by atoms with E-state index in [9.17, 15) is 4.79 Å². The second-order valence-corrected chi connectivity index (χ2v) is 3.31. The molecule has 1 fully saturated rings. The monoisotopic (exact) mass is 171 g/mol. The number of carbonyl (C=O) groups is 1. The average molecular weight is 171 g/mol. The lowest BCUT2D eigenvalue weighted by Gasteiger charge is -2.27. The van der Waals surface area contributed by atoms with Crippen molar-refractivity contribution in [3.63, 3.8) is 0 Å². The zero-order chi connectivity index (χ0) is 8.97. The van der Waals surface area contributed by atoms with Gasteiger partial charge in [-0.15, -0.1) is 0 Å². The van der Waals surface area contributed by atoms with Crippen molar-refractivity contribution < 1.29 is 14.8 Å². The summed E-state index contributed by atoms with van der Waals surface area (Å²) in [6.07, 6.45) is 3.97. The third-order valence-corrected chi connectivity index (χ3v) is 2.50.